The Morgan fingerprint density at radius 3 is 2.30 bits per heavy atom. The van der Waals surface area contributed by atoms with Crippen molar-refractivity contribution < 1.29 is 21.6 Å². The predicted molar refractivity (Wildman–Crippen MR) is 129 cm³/mol. The highest BCUT2D eigenvalue weighted by atomic mass is 35.5. The van der Waals surface area contributed by atoms with Crippen LogP contribution in [0.1, 0.15) is 17.5 Å². The number of hydrogen-bond donors (Lipinski definition) is 1. The third kappa shape index (κ3) is 4.66. The number of methoxy groups -OCH3 is 1. The van der Waals surface area contributed by atoms with Crippen LogP contribution in [-0.4, -0.2) is 30.5 Å². The topological polar surface area (TPSA) is 92.8 Å². The number of nitrogens with one attached hydrogen (secondary N) is 1. The first-order valence-corrected chi connectivity index (χ1v) is 13.5. The minimum atomic E-state index is -3.85. The van der Waals surface area contributed by atoms with E-state index in [0.717, 1.165) is 11.1 Å². The van der Waals surface area contributed by atoms with Crippen LogP contribution in [0.3, 0.4) is 0 Å². The zero-order valence-electron chi connectivity index (χ0n) is 18.1. The summed E-state index contributed by atoms with van der Waals surface area (Å²) in [5.74, 6) is 0.569. The molecule has 1 aliphatic rings. The Morgan fingerprint density at radius 1 is 0.939 bits per heavy atom. The first kappa shape index (κ1) is 23.4. The molecule has 0 saturated heterocycles. The van der Waals surface area contributed by atoms with Crippen molar-refractivity contribution in [1.82, 2.24) is 0 Å². The molecule has 0 spiro atoms. The van der Waals surface area contributed by atoms with E-state index in [1.165, 1.54) is 35.7 Å². The lowest BCUT2D eigenvalue weighted by molar-refractivity contribution is 0.414. The smallest absolute Gasteiger partial charge is 0.264 e. The fraction of sp³-hybridized carbons (Fsp3) is 0.217. The first-order chi connectivity index (χ1) is 15.6. The zero-order valence-corrected chi connectivity index (χ0v) is 20.5. The van der Waals surface area contributed by atoms with Crippen molar-refractivity contribution in [2.24, 2.45) is 0 Å². The lowest BCUT2D eigenvalue weighted by Crippen LogP contribution is -2.35. The van der Waals surface area contributed by atoms with Crippen LogP contribution in [0.2, 0.25) is 5.02 Å². The summed E-state index contributed by atoms with van der Waals surface area (Å²) in [6.07, 6.45) is 1.25. The quantitative estimate of drug-likeness (QED) is 0.527. The van der Waals surface area contributed by atoms with E-state index in [1.54, 1.807) is 43.3 Å². The molecule has 3 aromatic carbocycles. The fourth-order valence-corrected chi connectivity index (χ4v) is 6.57. The highest BCUT2D eigenvalue weighted by Crippen LogP contribution is 2.34. The molecule has 0 amide bonds. The van der Waals surface area contributed by atoms with E-state index in [2.05, 4.69) is 4.72 Å². The first-order valence-electron chi connectivity index (χ1n) is 10.2. The van der Waals surface area contributed by atoms with Gasteiger partial charge in [0, 0.05) is 17.3 Å². The van der Waals surface area contributed by atoms with Gasteiger partial charge in [0.25, 0.3) is 20.0 Å². The van der Waals surface area contributed by atoms with E-state index in [9.17, 15) is 16.8 Å². The normalized spacial score (nSPS) is 14.0. The third-order valence-electron chi connectivity index (χ3n) is 5.51. The summed E-state index contributed by atoms with van der Waals surface area (Å²) in [5, 5.41) is 0.364. The average Bonchev–Trinajstić information content (AvgIpc) is 2.80. The molecule has 3 aromatic rings. The van der Waals surface area contributed by atoms with Crippen LogP contribution in [-0.2, 0) is 26.5 Å². The molecule has 0 unspecified atom stereocenters. The maximum Gasteiger partial charge on any atom is 0.264 e. The van der Waals surface area contributed by atoms with Gasteiger partial charge in [-0.2, -0.15) is 0 Å². The molecule has 0 aromatic heterocycles. The molecule has 10 heteroatoms. The van der Waals surface area contributed by atoms with Gasteiger partial charge in [0.15, 0.2) is 0 Å². The van der Waals surface area contributed by atoms with Crippen LogP contribution >= 0.6 is 11.6 Å². The van der Waals surface area contributed by atoms with Gasteiger partial charge in [-0.25, -0.2) is 16.8 Å². The minimum absolute atomic E-state index is 0.0551. The fourth-order valence-electron chi connectivity index (χ4n) is 3.71. The van der Waals surface area contributed by atoms with Gasteiger partial charge < -0.3 is 4.74 Å². The number of halogens is 1. The molecule has 0 saturated carbocycles. The summed E-state index contributed by atoms with van der Waals surface area (Å²) in [6.45, 7) is 2.13. The van der Waals surface area contributed by atoms with Crippen LogP contribution in [0.15, 0.2) is 70.5 Å². The van der Waals surface area contributed by atoms with E-state index >= 15 is 0 Å². The van der Waals surface area contributed by atoms with Crippen molar-refractivity contribution in [2.75, 3.05) is 22.7 Å². The molecule has 0 radical (unpaired) electrons. The molecule has 0 atom stereocenters. The van der Waals surface area contributed by atoms with Gasteiger partial charge in [-0.3, -0.25) is 9.03 Å². The number of ether oxygens (including phenoxy) is 1. The molecule has 174 valence electrons. The number of sulfonamides is 2. The standard InChI is InChI=1S/C23H23ClN2O5S2/c1-16-5-9-21(15-22(16)24)32(27,28)25-18-6-12-23-17(14-18)4-3-13-26(23)33(29,30)20-10-7-19(31-2)8-11-20/h5-12,14-15,25H,3-4,13H2,1-2H3. The highest BCUT2D eigenvalue weighted by molar-refractivity contribution is 7.93. The van der Waals surface area contributed by atoms with Crippen LogP contribution in [0.5, 0.6) is 5.75 Å². The van der Waals surface area contributed by atoms with Crippen molar-refractivity contribution in [1.29, 1.82) is 0 Å². The molecular formula is C23H23ClN2O5S2. The number of nitrogens with zero attached hydrogens (tertiary/aromatic N) is 1. The molecule has 0 bridgehead atoms. The Hall–Kier alpha value is -2.75. The second-order valence-electron chi connectivity index (χ2n) is 7.72. The van der Waals surface area contributed by atoms with E-state index < -0.39 is 20.0 Å². The van der Waals surface area contributed by atoms with Crippen molar-refractivity contribution >= 4 is 43.0 Å². The molecule has 1 N–H and O–H groups in total. The van der Waals surface area contributed by atoms with E-state index in [4.69, 9.17) is 16.3 Å². The summed E-state index contributed by atoms with van der Waals surface area (Å²) in [4.78, 5) is 0.219. The molecule has 0 fully saturated rings. The number of aryl methyl sites for hydroxylation is 2. The highest BCUT2D eigenvalue weighted by Gasteiger charge is 2.29. The van der Waals surface area contributed by atoms with Crippen LogP contribution in [0, 0.1) is 6.92 Å². The van der Waals surface area contributed by atoms with Crippen LogP contribution < -0.4 is 13.8 Å². The largest absolute Gasteiger partial charge is 0.497 e. The monoisotopic (exact) mass is 506 g/mol. The second-order valence-corrected chi connectivity index (χ2v) is 11.7. The molecule has 0 aliphatic carbocycles. The molecular weight excluding hydrogens is 484 g/mol. The summed E-state index contributed by atoms with van der Waals surface area (Å²) < 4.78 is 61.2. The predicted octanol–water partition coefficient (Wildman–Crippen LogP) is 4.60. The van der Waals surface area contributed by atoms with Crippen molar-refractivity contribution in [3.05, 3.63) is 76.8 Å². The Morgan fingerprint density at radius 2 is 1.64 bits per heavy atom. The number of fused-ring (bicyclic) bond motifs is 1. The van der Waals surface area contributed by atoms with E-state index in [0.29, 0.717) is 41.5 Å². The second kappa shape index (κ2) is 8.89. The lowest BCUT2D eigenvalue weighted by Gasteiger charge is -2.31. The Bertz CT molecular complexity index is 1410. The lowest BCUT2D eigenvalue weighted by atomic mass is 10.0. The number of benzene rings is 3. The Kier molecular flexibility index (Phi) is 6.30. The summed E-state index contributed by atoms with van der Waals surface area (Å²) in [5.41, 5.74) is 2.43. The van der Waals surface area contributed by atoms with Gasteiger partial charge >= 0.3 is 0 Å². The van der Waals surface area contributed by atoms with E-state index in [1.807, 2.05) is 0 Å². The van der Waals surface area contributed by atoms with Gasteiger partial charge in [-0.1, -0.05) is 17.7 Å². The molecule has 7 nitrogen and oxygen atoms in total. The van der Waals surface area contributed by atoms with Crippen LogP contribution in [0.25, 0.3) is 0 Å². The molecule has 1 heterocycles. The molecule has 4 rings (SSSR count). The number of hydrogen-bond acceptors (Lipinski definition) is 5. The van der Waals surface area contributed by atoms with Crippen molar-refractivity contribution in [3.8, 4) is 5.75 Å². The number of anilines is 2. The summed E-state index contributed by atoms with van der Waals surface area (Å²) in [6, 6.07) is 15.6. The maximum atomic E-state index is 13.3. The van der Waals surface area contributed by atoms with Crippen molar-refractivity contribution in [3.63, 3.8) is 0 Å². The summed E-state index contributed by atoms with van der Waals surface area (Å²) in [7, 11) is -6.11. The van der Waals surface area contributed by atoms with Gasteiger partial charge in [0.05, 0.1) is 22.6 Å². The molecule has 33 heavy (non-hydrogen) atoms. The van der Waals surface area contributed by atoms with Gasteiger partial charge in [-0.15, -0.1) is 0 Å². The third-order valence-corrected chi connectivity index (χ3v) is 9.12. The van der Waals surface area contributed by atoms with Gasteiger partial charge in [0.1, 0.15) is 5.75 Å². The van der Waals surface area contributed by atoms with Crippen LogP contribution in [0.4, 0.5) is 11.4 Å². The average molecular weight is 507 g/mol. The summed E-state index contributed by atoms with van der Waals surface area (Å²) >= 11 is 6.08. The Labute approximate surface area is 199 Å². The molecule has 1 aliphatic heterocycles. The minimum Gasteiger partial charge on any atom is -0.497 e. The van der Waals surface area contributed by atoms with Gasteiger partial charge in [-0.05, 0) is 85.5 Å². The van der Waals surface area contributed by atoms with Crippen molar-refractivity contribution in [2.45, 2.75) is 29.6 Å². The van der Waals surface area contributed by atoms with E-state index in [-0.39, 0.29) is 9.79 Å². The van der Waals surface area contributed by atoms with Gasteiger partial charge in [0.2, 0.25) is 0 Å². The SMILES string of the molecule is COc1ccc(S(=O)(=O)N2CCCc3cc(NS(=O)(=O)c4ccc(C)c(Cl)c4)ccc32)cc1. The maximum absolute atomic E-state index is 13.3. The zero-order chi connectivity index (χ0) is 23.8. The Balaban J connectivity index is 1.63. The number of rotatable bonds is 6.